The smallest absolute Gasteiger partial charge is 0.254 e. The fourth-order valence-electron chi connectivity index (χ4n) is 4.16. The molecule has 3 aromatic rings. The molecule has 0 unspecified atom stereocenters. The van der Waals surface area contributed by atoms with Crippen LogP contribution in [0.2, 0.25) is 0 Å². The Kier molecular flexibility index (Phi) is 5.38. The molecule has 0 atom stereocenters. The van der Waals surface area contributed by atoms with Crippen molar-refractivity contribution in [2.24, 2.45) is 5.10 Å². The molecule has 0 radical (unpaired) electrons. The third-order valence-electron chi connectivity index (χ3n) is 5.86. The van der Waals surface area contributed by atoms with E-state index in [1.54, 1.807) is 39.0 Å². The van der Waals surface area contributed by atoms with Gasteiger partial charge in [-0.1, -0.05) is 6.07 Å². The van der Waals surface area contributed by atoms with Gasteiger partial charge in [-0.15, -0.1) is 0 Å². The summed E-state index contributed by atoms with van der Waals surface area (Å²) in [5.41, 5.74) is 3.31. The molecule has 1 aromatic carbocycles. The first-order valence-electron chi connectivity index (χ1n) is 10.4. The highest BCUT2D eigenvalue weighted by molar-refractivity contribution is 6.01. The number of anilines is 1. The van der Waals surface area contributed by atoms with E-state index < -0.39 is 5.54 Å². The van der Waals surface area contributed by atoms with Crippen LogP contribution in [-0.2, 0) is 5.54 Å². The number of carbonyl (C=O) groups excluding carboxylic acids is 1. The molecule has 0 saturated carbocycles. The van der Waals surface area contributed by atoms with Gasteiger partial charge in [0.25, 0.3) is 5.91 Å². The van der Waals surface area contributed by atoms with Crippen LogP contribution in [0.5, 0.6) is 0 Å². The number of rotatable bonds is 6. The molecule has 0 spiro atoms. The molecule has 0 bridgehead atoms. The van der Waals surface area contributed by atoms with Gasteiger partial charge in [-0.05, 0) is 56.2 Å². The molecule has 0 N–H and O–H groups in total. The van der Waals surface area contributed by atoms with E-state index in [-0.39, 0.29) is 5.91 Å². The maximum Gasteiger partial charge on any atom is 0.254 e. The van der Waals surface area contributed by atoms with Gasteiger partial charge in [0.2, 0.25) is 0 Å². The molecule has 8 nitrogen and oxygen atoms in total. The summed E-state index contributed by atoms with van der Waals surface area (Å²) >= 11 is 0. The standard InChI is InChI=1S/C24H23N7O/c1-4-31(22-21-9-7-18(15-26)29(21)13-11-27-22)28-16-17-6-8-19-20(14-17)24(2,3)30(23(19)32)12-5-10-25/h6-9,11,13-14,16H,4-5,12H2,1-3H3/b28-16+. The first-order valence-corrected chi connectivity index (χ1v) is 10.4. The van der Waals surface area contributed by atoms with Crippen LogP contribution in [-0.4, -0.2) is 39.5 Å². The summed E-state index contributed by atoms with van der Waals surface area (Å²) in [6.45, 7) is 6.97. The summed E-state index contributed by atoms with van der Waals surface area (Å²) in [4.78, 5) is 19.0. The van der Waals surface area contributed by atoms with Crippen molar-refractivity contribution in [2.45, 2.75) is 32.7 Å². The van der Waals surface area contributed by atoms with Gasteiger partial charge in [0.15, 0.2) is 5.82 Å². The summed E-state index contributed by atoms with van der Waals surface area (Å²) in [6.07, 6.45) is 5.46. The molecule has 3 heterocycles. The van der Waals surface area contributed by atoms with Gasteiger partial charge in [0, 0.05) is 31.0 Å². The van der Waals surface area contributed by atoms with Crippen molar-refractivity contribution >= 4 is 23.5 Å². The van der Waals surface area contributed by atoms with Crippen LogP contribution in [0.4, 0.5) is 5.82 Å². The van der Waals surface area contributed by atoms with Crippen LogP contribution in [0.15, 0.2) is 47.8 Å². The van der Waals surface area contributed by atoms with Gasteiger partial charge in [0.05, 0.1) is 29.8 Å². The van der Waals surface area contributed by atoms with E-state index in [4.69, 9.17) is 5.26 Å². The number of carbonyl (C=O) groups is 1. The van der Waals surface area contributed by atoms with Gasteiger partial charge in [-0.25, -0.2) is 9.99 Å². The van der Waals surface area contributed by atoms with E-state index in [1.165, 1.54) is 0 Å². The number of aromatic nitrogens is 2. The highest BCUT2D eigenvalue weighted by atomic mass is 16.2. The molecule has 1 aliphatic heterocycles. The second kappa shape index (κ2) is 8.16. The molecule has 160 valence electrons. The first kappa shape index (κ1) is 21.1. The highest BCUT2D eigenvalue weighted by Gasteiger charge is 2.42. The average molecular weight is 425 g/mol. The summed E-state index contributed by atoms with van der Waals surface area (Å²) in [5, 5.41) is 24.6. The lowest BCUT2D eigenvalue weighted by Crippen LogP contribution is -2.39. The van der Waals surface area contributed by atoms with Gasteiger partial charge in [-0.2, -0.15) is 15.6 Å². The van der Waals surface area contributed by atoms with E-state index in [0.29, 0.717) is 36.6 Å². The molecular weight excluding hydrogens is 402 g/mol. The zero-order chi connectivity index (χ0) is 22.9. The Labute approximate surface area is 186 Å². The second-order valence-corrected chi connectivity index (χ2v) is 8.03. The van der Waals surface area contributed by atoms with E-state index in [1.807, 2.05) is 45.0 Å². The SMILES string of the molecule is CCN(/N=C/c1ccc2c(c1)C(C)(C)N(CCC#N)C2=O)c1nccn2c(C#N)ccc12. The van der Waals surface area contributed by atoms with Crippen molar-refractivity contribution in [3.63, 3.8) is 0 Å². The molecule has 0 fully saturated rings. The van der Waals surface area contributed by atoms with Crippen molar-refractivity contribution in [1.29, 1.82) is 10.5 Å². The third kappa shape index (κ3) is 3.36. The van der Waals surface area contributed by atoms with Crippen LogP contribution < -0.4 is 5.01 Å². The monoisotopic (exact) mass is 425 g/mol. The topological polar surface area (TPSA) is 101 Å². The summed E-state index contributed by atoms with van der Waals surface area (Å²) in [6, 6.07) is 13.6. The minimum atomic E-state index is -0.496. The lowest BCUT2D eigenvalue weighted by atomic mass is 9.92. The Balaban J connectivity index is 1.65. The van der Waals surface area contributed by atoms with Gasteiger partial charge >= 0.3 is 0 Å². The molecule has 8 heteroatoms. The Morgan fingerprint density at radius 2 is 2.06 bits per heavy atom. The predicted octanol–water partition coefficient (Wildman–Crippen LogP) is 3.67. The summed E-state index contributed by atoms with van der Waals surface area (Å²) < 4.78 is 1.79. The van der Waals surface area contributed by atoms with Crippen LogP contribution in [0.1, 0.15) is 54.4 Å². The lowest BCUT2D eigenvalue weighted by Gasteiger charge is -2.32. The molecule has 0 aliphatic carbocycles. The number of benzene rings is 1. The molecular formula is C24H23N7O. The molecule has 1 amide bonds. The van der Waals surface area contributed by atoms with E-state index >= 15 is 0 Å². The largest absolute Gasteiger partial charge is 0.328 e. The normalized spacial score (nSPS) is 14.5. The Hall–Kier alpha value is -4.17. The van der Waals surface area contributed by atoms with Gasteiger partial charge < -0.3 is 9.30 Å². The quantitative estimate of drug-likeness (QED) is 0.443. The van der Waals surface area contributed by atoms with Crippen molar-refractivity contribution in [2.75, 3.05) is 18.1 Å². The minimum absolute atomic E-state index is 0.0451. The number of amides is 1. The minimum Gasteiger partial charge on any atom is -0.328 e. The zero-order valence-corrected chi connectivity index (χ0v) is 18.3. The molecule has 0 saturated heterocycles. The van der Waals surface area contributed by atoms with E-state index in [0.717, 1.165) is 16.6 Å². The summed E-state index contributed by atoms with van der Waals surface area (Å²) in [7, 11) is 0. The number of hydrazone groups is 1. The highest BCUT2D eigenvalue weighted by Crippen LogP contribution is 2.39. The molecule has 1 aliphatic rings. The fraction of sp³-hybridized carbons (Fsp3) is 0.292. The second-order valence-electron chi connectivity index (χ2n) is 8.03. The van der Waals surface area contributed by atoms with Crippen LogP contribution in [0.25, 0.3) is 5.52 Å². The Bertz CT molecular complexity index is 1310. The number of fused-ring (bicyclic) bond motifs is 2. The maximum absolute atomic E-state index is 12.8. The van der Waals surface area contributed by atoms with Crippen molar-refractivity contribution in [3.05, 3.63) is 65.1 Å². The first-order chi connectivity index (χ1) is 15.4. The van der Waals surface area contributed by atoms with E-state index in [9.17, 15) is 10.1 Å². The van der Waals surface area contributed by atoms with Crippen LogP contribution in [0, 0.1) is 22.7 Å². The van der Waals surface area contributed by atoms with E-state index in [2.05, 4.69) is 22.2 Å². The number of hydrogen-bond acceptors (Lipinski definition) is 6. The lowest BCUT2D eigenvalue weighted by molar-refractivity contribution is 0.0625. The maximum atomic E-state index is 12.8. The molecule has 4 rings (SSSR count). The fourth-order valence-corrected chi connectivity index (χ4v) is 4.16. The Morgan fingerprint density at radius 1 is 1.25 bits per heavy atom. The summed E-state index contributed by atoms with van der Waals surface area (Å²) in [5.74, 6) is 0.614. The van der Waals surface area contributed by atoms with Crippen LogP contribution >= 0.6 is 0 Å². The van der Waals surface area contributed by atoms with Crippen molar-refractivity contribution in [3.8, 4) is 12.1 Å². The van der Waals surface area contributed by atoms with Gasteiger partial charge in [0.1, 0.15) is 11.8 Å². The Morgan fingerprint density at radius 3 is 2.78 bits per heavy atom. The van der Waals surface area contributed by atoms with Crippen molar-refractivity contribution in [1.82, 2.24) is 14.3 Å². The third-order valence-corrected chi connectivity index (χ3v) is 5.86. The zero-order valence-electron chi connectivity index (χ0n) is 18.3. The van der Waals surface area contributed by atoms with Crippen LogP contribution in [0.3, 0.4) is 0 Å². The predicted molar refractivity (Wildman–Crippen MR) is 121 cm³/mol. The average Bonchev–Trinajstić information content (AvgIpc) is 3.30. The number of nitrogens with zero attached hydrogens (tertiary/aromatic N) is 7. The molecule has 32 heavy (non-hydrogen) atoms. The molecule has 2 aromatic heterocycles. The van der Waals surface area contributed by atoms with Crippen molar-refractivity contribution < 1.29 is 4.79 Å². The number of hydrogen-bond donors (Lipinski definition) is 0. The number of nitriles is 2. The van der Waals surface area contributed by atoms with Gasteiger partial charge in [-0.3, -0.25) is 4.79 Å².